The molecule has 1 amide bonds. The second-order valence-corrected chi connectivity index (χ2v) is 7.24. The summed E-state index contributed by atoms with van der Waals surface area (Å²) in [7, 11) is 0. The summed E-state index contributed by atoms with van der Waals surface area (Å²) in [4.78, 5) is 11.2. The zero-order chi connectivity index (χ0) is 14.2. The summed E-state index contributed by atoms with van der Waals surface area (Å²) < 4.78 is 5.79. The molecular weight excluding hydrogens is 322 g/mol. The highest BCUT2D eigenvalue weighted by Crippen LogP contribution is 2.56. The number of nitrogens with zero attached hydrogens (tertiary/aromatic N) is 2. The van der Waals surface area contributed by atoms with Crippen molar-refractivity contribution in [3.8, 4) is 5.88 Å². The van der Waals surface area contributed by atoms with Gasteiger partial charge in [0.15, 0.2) is 5.82 Å². The Kier molecular flexibility index (Phi) is 3.67. The van der Waals surface area contributed by atoms with Crippen molar-refractivity contribution in [2.75, 3.05) is 5.32 Å². The third-order valence-corrected chi connectivity index (χ3v) is 4.69. The zero-order valence-corrected chi connectivity index (χ0v) is 13.0. The van der Waals surface area contributed by atoms with Gasteiger partial charge in [-0.3, -0.25) is 4.79 Å². The summed E-state index contributed by atoms with van der Waals surface area (Å²) in [6, 6.07) is 3.47. The summed E-state index contributed by atoms with van der Waals surface area (Å²) in [5, 5.41) is 10.6. The van der Waals surface area contributed by atoms with E-state index in [1.54, 1.807) is 19.1 Å². The maximum absolute atomic E-state index is 11.5. The molecule has 108 valence electrons. The van der Waals surface area contributed by atoms with E-state index in [0.717, 1.165) is 12.8 Å². The number of anilines is 1. The minimum Gasteiger partial charge on any atom is -0.473 e. The van der Waals surface area contributed by atoms with Gasteiger partial charge in [0.25, 0.3) is 0 Å². The average molecular weight is 340 g/mol. The Labute approximate surface area is 126 Å². The second-order valence-electron chi connectivity index (χ2n) is 5.86. The van der Waals surface area contributed by atoms with Gasteiger partial charge in [0.05, 0.1) is 4.83 Å². The second kappa shape index (κ2) is 5.31. The SMILES string of the molecule is CC(Br)C(=O)Nc1ccc(OC2CC3(CCC3)C2)nn1. The van der Waals surface area contributed by atoms with Gasteiger partial charge in [0.1, 0.15) is 6.10 Å². The number of hydrogen-bond donors (Lipinski definition) is 1. The van der Waals surface area contributed by atoms with Gasteiger partial charge >= 0.3 is 0 Å². The van der Waals surface area contributed by atoms with Crippen LogP contribution in [-0.2, 0) is 4.79 Å². The minimum atomic E-state index is -0.256. The maximum atomic E-state index is 11.5. The lowest BCUT2D eigenvalue weighted by Gasteiger charge is -2.53. The van der Waals surface area contributed by atoms with Gasteiger partial charge in [-0.25, -0.2) is 0 Å². The van der Waals surface area contributed by atoms with Crippen LogP contribution in [0.4, 0.5) is 5.82 Å². The number of rotatable bonds is 4. The van der Waals surface area contributed by atoms with Gasteiger partial charge in [-0.1, -0.05) is 22.4 Å². The van der Waals surface area contributed by atoms with Crippen LogP contribution in [0.1, 0.15) is 39.0 Å². The van der Waals surface area contributed by atoms with E-state index in [1.165, 1.54) is 19.3 Å². The number of aromatic nitrogens is 2. The molecule has 0 aliphatic heterocycles. The third-order valence-electron chi connectivity index (χ3n) is 4.28. The molecule has 20 heavy (non-hydrogen) atoms. The Hall–Kier alpha value is -1.17. The highest BCUT2D eigenvalue weighted by atomic mass is 79.9. The molecule has 6 heteroatoms. The fourth-order valence-electron chi connectivity index (χ4n) is 2.92. The van der Waals surface area contributed by atoms with Crippen LogP contribution in [0.5, 0.6) is 5.88 Å². The molecule has 5 nitrogen and oxygen atoms in total. The molecule has 1 spiro atoms. The van der Waals surface area contributed by atoms with Crippen LogP contribution in [0.3, 0.4) is 0 Å². The van der Waals surface area contributed by atoms with Crippen molar-refractivity contribution in [1.82, 2.24) is 10.2 Å². The van der Waals surface area contributed by atoms with Gasteiger partial charge < -0.3 is 10.1 Å². The van der Waals surface area contributed by atoms with Gasteiger partial charge in [0, 0.05) is 6.07 Å². The smallest absolute Gasteiger partial charge is 0.239 e. The summed E-state index contributed by atoms with van der Waals surface area (Å²) in [5.41, 5.74) is 0.595. The van der Waals surface area contributed by atoms with Gasteiger partial charge in [-0.2, -0.15) is 0 Å². The molecule has 1 unspecified atom stereocenters. The zero-order valence-electron chi connectivity index (χ0n) is 11.4. The summed E-state index contributed by atoms with van der Waals surface area (Å²) in [6.07, 6.45) is 6.66. The van der Waals surface area contributed by atoms with Crippen LogP contribution < -0.4 is 10.1 Å². The summed E-state index contributed by atoms with van der Waals surface area (Å²) in [6.45, 7) is 1.76. The molecule has 0 aromatic carbocycles. The first-order valence-electron chi connectivity index (χ1n) is 7.02. The van der Waals surface area contributed by atoms with Crippen molar-refractivity contribution < 1.29 is 9.53 Å². The normalized spacial score (nSPS) is 21.7. The van der Waals surface area contributed by atoms with Crippen molar-refractivity contribution in [3.63, 3.8) is 0 Å². The van der Waals surface area contributed by atoms with E-state index >= 15 is 0 Å². The molecule has 1 heterocycles. The summed E-state index contributed by atoms with van der Waals surface area (Å²) >= 11 is 3.20. The van der Waals surface area contributed by atoms with E-state index in [4.69, 9.17) is 4.74 Å². The first-order chi connectivity index (χ1) is 9.56. The monoisotopic (exact) mass is 339 g/mol. The number of amides is 1. The van der Waals surface area contributed by atoms with Gasteiger partial charge in [-0.05, 0) is 44.1 Å². The Morgan fingerprint density at radius 3 is 2.70 bits per heavy atom. The van der Waals surface area contributed by atoms with E-state index in [2.05, 4.69) is 31.4 Å². The molecule has 0 bridgehead atoms. The van der Waals surface area contributed by atoms with Crippen molar-refractivity contribution in [2.24, 2.45) is 5.41 Å². The molecular formula is C14H18BrN3O2. The standard InChI is InChI=1S/C14H18BrN3O2/c1-9(15)13(19)16-11-3-4-12(18-17-11)20-10-7-14(8-10)5-2-6-14/h3-4,9-10H,2,5-8H2,1H3,(H,16,17,19). The minimum absolute atomic E-state index is 0.140. The average Bonchev–Trinajstić information content (AvgIpc) is 2.32. The number of carbonyl (C=O) groups excluding carboxylic acids is 1. The van der Waals surface area contributed by atoms with E-state index in [0.29, 0.717) is 17.1 Å². The number of alkyl halides is 1. The molecule has 1 aromatic heterocycles. The van der Waals surface area contributed by atoms with Crippen molar-refractivity contribution in [1.29, 1.82) is 0 Å². The molecule has 2 aliphatic carbocycles. The van der Waals surface area contributed by atoms with Gasteiger partial charge in [0.2, 0.25) is 11.8 Å². The molecule has 2 saturated carbocycles. The van der Waals surface area contributed by atoms with Crippen molar-refractivity contribution in [3.05, 3.63) is 12.1 Å². The fraction of sp³-hybridized carbons (Fsp3) is 0.643. The van der Waals surface area contributed by atoms with Crippen molar-refractivity contribution in [2.45, 2.75) is 50.0 Å². The Bertz CT molecular complexity index is 492. The topological polar surface area (TPSA) is 64.1 Å². The predicted octanol–water partition coefficient (Wildman–Crippen LogP) is 2.91. The summed E-state index contributed by atoms with van der Waals surface area (Å²) in [5.74, 6) is 0.839. The molecule has 2 fully saturated rings. The molecule has 3 rings (SSSR count). The van der Waals surface area contributed by atoms with E-state index < -0.39 is 0 Å². The molecule has 1 atom stereocenters. The highest BCUT2D eigenvalue weighted by molar-refractivity contribution is 9.10. The first-order valence-corrected chi connectivity index (χ1v) is 7.93. The quantitative estimate of drug-likeness (QED) is 0.856. The predicted molar refractivity (Wildman–Crippen MR) is 79.0 cm³/mol. The Morgan fingerprint density at radius 1 is 1.45 bits per heavy atom. The molecule has 2 aliphatic rings. The number of nitrogens with one attached hydrogen (secondary N) is 1. The fourth-order valence-corrected chi connectivity index (χ4v) is 3.03. The van der Waals surface area contributed by atoms with Crippen molar-refractivity contribution >= 4 is 27.7 Å². The highest BCUT2D eigenvalue weighted by Gasteiger charge is 2.49. The van der Waals surface area contributed by atoms with Crippen LogP contribution in [0, 0.1) is 5.41 Å². The molecule has 1 N–H and O–H groups in total. The third kappa shape index (κ3) is 2.80. The van der Waals surface area contributed by atoms with E-state index in [1.807, 2.05) is 0 Å². The van der Waals surface area contributed by atoms with E-state index in [-0.39, 0.29) is 16.8 Å². The number of halogens is 1. The van der Waals surface area contributed by atoms with Gasteiger partial charge in [-0.15, -0.1) is 10.2 Å². The Morgan fingerprint density at radius 2 is 2.20 bits per heavy atom. The number of hydrogen-bond acceptors (Lipinski definition) is 4. The molecule has 0 saturated heterocycles. The van der Waals surface area contributed by atoms with Crippen LogP contribution in [-0.4, -0.2) is 27.0 Å². The number of ether oxygens (including phenoxy) is 1. The Balaban J connectivity index is 1.50. The largest absolute Gasteiger partial charge is 0.473 e. The van der Waals surface area contributed by atoms with E-state index in [9.17, 15) is 4.79 Å². The number of carbonyl (C=O) groups is 1. The van der Waals surface area contributed by atoms with Crippen LogP contribution in [0.25, 0.3) is 0 Å². The first kappa shape index (κ1) is 13.8. The van der Waals surface area contributed by atoms with Crippen LogP contribution in [0.15, 0.2) is 12.1 Å². The maximum Gasteiger partial charge on any atom is 0.239 e. The lowest BCUT2D eigenvalue weighted by atomic mass is 9.55. The van der Waals surface area contributed by atoms with Crippen LogP contribution >= 0.6 is 15.9 Å². The molecule has 1 aromatic rings. The molecule has 0 radical (unpaired) electrons. The lowest BCUT2D eigenvalue weighted by Crippen LogP contribution is -2.48. The lowest BCUT2D eigenvalue weighted by molar-refractivity contribution is -0.115. The van der Waals surface area contributed by atoms with Crippen LogP contribution in [0.2, 0.25) is 0 Å².